The minimum absolute atomic E-state index is 0.768. The van der Waals surface area contributed by atoms with Crippen molar-refractivity contribution in [3.63, 3.8) is 0 Å². The third-order valence-corrected chi connectivity index (χ3v) is 9.46. The number of nitrogens with zero attached hydrogens (tertiary/aromatic N) is 2. The quantitative estimate of drug-likeness (QED) is 0.169. The molecule has 0 amide bonds. The van der Waals surface area contributed by atoms with Crippen LogP contribution in [0.5, 0.6) is 0 Å². The molecule has 0 radical (unpaired) electrons. The Morgan fingerprint density at radius 3 is 1.57 bits per heavy atom. The second-order valence-corrected chi connectivity index (χ2v) is 12.7. The maximum atomic E-state index is 4.33. The van der Waals surface area contributed by atoms with Crippen LogP contribution in [0.25, 0.3) is 39.0 Å². The number of hydrogen-bond acceptors (Lipinski definition) is 2. The molecule has 0 aromatic heterocycles. The lowest BCUT2D eigenvalue weighted by atomic mass is 10.0. The first-order valence-electron chi connectivity index (χ1n) is 17.4. The van der Waals surface area contributed by atoms with Gasteiger partial charge in [0.25, 0.3) is 0 Å². The van der Waals surface area contributed by atoms with Crippen molar-refractivity contribution in [3.05, 3.63) is 218 Å². The molecule has 1 heterocycles. The van der Waals surface area contributed by atoms with Gasteiger partial charge in [-0.25, -0.2) is 0 Å². The van der Waals surface area contributed by atoms with Gasteiger partial charge in [0.2, 0.25) is 0 Å². The van der Waals surface area contributed by atoms with E-state index < -0.39 is 0 Å². The number of para-hydroxylation sites is 1. The van der Waals surface area contributed by atoms with Crippen LogP contribution in [-0.2, 0) is 0 Å². The maximum Gasteiger partial charge on any atom is 0.0493 e. The van der Waals surface area contributed by atoms with E-state index in [9.17, 15) is 0 Å². The first kappa shape index (κ1) is 31.6. The van der Waals surface area contributed by atoms with E-state index in [-0.39, 0.29) is 0 Å². The molecule has 0 saturated heterocycles. The molecule has 1 aliphatic rings. The molecule has 0 aliphatic carbocycles. The Morgan fingerprint density at radius 2 is 0.941 bits per heavy atom. The molecule has 0 spiro atoms. The molecule has 1 aliphatic heterocycles. The highest BCUT2D eigenvalue weighted by Gasteiger charge is 2.16. The Kier molecular flexibility index (Phi) is 8.96. The van der Waals surface area contributed by atoms with E-state index in [4.69, 9.17) is 0 Å². The van der Waals surface area contributed by atoms with Gasteiger partial charge in [0.15, 0.2) is 0 Å². The Labute approximate surface area is 301 Å². The molecule has 0 unspecified atom stereocenters. The van der Waals surface area contributed by atoms with Crippen molar-refractivity contribution in [3.8, 4) is 33.4 Å². The number of fused-ring (bicyclic) bond motifs is 1. The molecule has 0 fully saturated rings. The number of benzene rings is 7. The van der Waals surface area contributed by atoms with Crippen LogP contribution in [-0.4, -0.2) is 6.54 Å². The predicted octanol–water partition coefficient (Wildman–Crippen LogP) is 13.4. The minimum atomic E-state index is 0.768. The standard InChI is InChI=1S/C49H38N2/c1-37-14-5-4-12-35-50(49-22-11-10-21-48(37)49)44-29-23-42(24-30-44)43-19-13-20-47(36-43)51(45-31-25-40(26-32-45)38-15-6-2-7-16-38)46-33-27-41(28-34-46)39-17-8-3-9-18-39/h2-34,36H,1,35H2/b12-4-,14-5-. The molecule has 0 saturated carbocycles. The lowest BCUT2D eigenvalue weighted by Crippen LogP contribution is -2.18. The molecule has 8 rings (SSSR count). The van der Waals surface area contributed by atoms with Crippen molar-refractivity contribution >= 4 is 34.0 Å². The summed E-state index contributed by atoms with van der Waals surface area (Å²) in [6.07, 6.45) is 8.43. The fourth-order valence-electron chi connectivity index (χ4n) is 6.80. The van der Waals surface area contributed by atoms with Crippen molar-refractivity contribution in [2.75, 3.05) is 16.3 Å². The Hall–Kier alpha value is -6.64. The van der Waals surface area contributed by atoms with Gasteiger partial charge in [0.05, 0.1) is 0 Å². The van der Waals surface area contributed by atoms with E-state index in [0.29, 0.717) is 0 Å². The largest absolute Gasteiger partial charge is 0.337 e. The van der Waals surface area contributed by atoms with E-state index in [1.54, 1.807) is 0 Å². The fourth-order valence-corrected chi connectivity index (χ4v) is 6.80. The minimum Gasteiger partial charge on any atom is -0.337 e. The summed E-state index contributed by atoms with van der Waals surface area (Å²) in [6.45, 7) is 5.10. The third kappa shape index (κ3) is 6.81. The van der Waals surface area contributed by atoms with Gasteiger partial charge in [-0.3, -0.25) is 0 Å². The van der Waals surface area contributed by atoms with E-state index >= 15 is 0 Å². The zero-order valence-electron chi connectivity index (χ0n) is 28.4. The molecule has 7 aromatic rings. The molecule has 0 bridgehead atoms. The zero-order chi connectivity index (χ0) is 34.4. The maximum absolute atomic E-state index is 4.33. The number of allylic oxidation sites excluding steroid dienone is 4. The molecular weight excluding hydrogens is 617 g/mol. The predicted molar refractivity (Wildman–Crippen MR) is 218 cm³/mol. The van der Waals surface area contributed by atoms with Crippen molar-refractivity contribution in [2.45, 2.75) is 0 Å². The van der Waals surface area contributed by atoms with Gasteiger partial charge < -0.3 is 9.80 Å². The van der Waals surface area contributed by atoms with E-state index in [1.165, 1.54) is 27.8 Å². The Morgan fingerprint density at radius 1 is 0.431 bits per heavy atom. The highest BCUT2D eigenvalue weighted by atomic mass is 15.1. The van der Waals surface area contributed by atoms with Crippen LogP contribution in [0.15, 0.2) is 213 Å². The van der Waals surface area contributed by atoms with E-state index in [0.717, 1.165) is 51.7 Å². The lowest BCUT2D eigenvalue weighted by molar-refractivity contribution is 1.09. The van der Waals surface area contributed by atoms with Crippen molar-refractivity contribution < 1.29 is 0 Å². The molecule has 2 nitrogen and oxygen atoms in total. The summed E-state index contributed by atoms with van der Waals surface area (Å²) in [5.41, 5.74) is 14.9. The van der Waals surface area contributed by atoms with Crippen molar-refractivity contribution in [1.82, 2.24) is 0 Å². The van der Waals surface area contributed by atoms with Gasteiger partial charge in [0, 0.05) is 40.5 Å². The number of anilines is 5. The van der Waals surface area contributed by atoms with E-state index in [1.807, 2.05) is 0 Å². The average Bonchev–Trinajstić information content (AvgIpc) is 3.28. The summed E-state index contributed by atoms with van der Waals surface area (Å²) in [7, 11) is 0. The van der Waals surface area contributed by atoms with Crippen molar-refractivity contribution in [2.24, 2.45) is 0 Å². The van der Waals surface area contributed by atoms with Gasteiger partial charge >= 0.3 is 0 Å². The van der Waals surface area contributed by atoms with Crippen LogP contribution in [0.4, 0.5) is 28.4 Å². The van der Waals surface area contributed by atoms with Gasteiger partial charge in [-0.1, -0.05) is 158 Å². The monoisotopic (exact) mass is 654 g/mol. The lowest BCUT2D eigenvalue weighted by Gasteiger charge is -2.27. The van der Waals surface area contributed by atoms with Gasteiger partial charge in [-0.15, -0.1) is 0 Å². The van der Waals surface area contributed by atoms with Crippen LogP contribution in [0, 0.1) is 0 Å². The van der Waals surface area contributed by atoms with Crippen LogP contribution >= 0.6 is 0 Å². The van der Waals surface area contributed by atoms with Crippen LogP contribution in [0.3, 0.4) is 0 Å². The SMILES string of the molecule is C=C1/C=C\C=C/CN(c2ccc(-c3cccc(N(c4ccc(-c5ccccc5)cc4)c4ccc(-c5ccccc5)cc4)c3)cc2)c2ccccc21. The van der Waals surface area contributed by atoms with Crippen molar-refractivity contribution in [1.29, 1.82) is 0 Å². The summed E-state index contributed by atoms with van der Waals surface area (Å²) in [4.78, 5) is 4.69. The summed E-state index contributed by atoms with van der Waals surface area (Å²) in [5.74, 6) is 0. The van der Waals surface area contributed by atoms with Crippen LogP contribution < -0.4 is 9.80 Å². The molecule has 2 heteroatoms. The Balaban J connectivity index is 1.14. The summed E-state index contributed by atoms with van der Waals surface area (Å²) in [5, 5.41) is 0. The Bertz CT molecular complexity index is 2230. The fraction of sp³-hybridized carbons (Fsp3) is 0.0204. The summed E-state index contributed by atoms with van der Waals surface area (Å²) >= 11 is 0. The highest BCUT2D eigenvalue weighted by molar-refractivity contribution is 5.86. The topological polar surface area (TPSA) is 6.48 Å². The van der Waals surface area contributed by atoms with Crippen LogP contribution in [0.2, 0.25) is 0 Å². The number of rotatable bonds is 7. The second-order valence-electron chi connectivity index (χ2n) is 12.7. The highest BCUT2D eigenvalue weighted by Crippen LogP contribution is 2.39. The van der Waals surface area contributed by atoms with Gasteiger partial charge in [0.1, 0.15) is 0 Å². The first-order valence-corrected chi connectivity index (χ1v) is 17.4. The molecule has 0 N–H and O–H groups in total. The smallest absolute Gasteiger partial charge is 0.0493 e. The second kappa shape index (κ2) is 14.5. The van der Waals surface area contributed by atoms with E-state index in [2.05, 4.69) is 223 Å². The third-order valence-electron chi connectivity index (χ3n) is 9.46. The molecule has 51 heavy (non-hydrogen) atoms. The molecule has 244 valence electrons. The zero-order valence-corrected chi connectivity index (χ0v) is 28.4. The average molecular weight is 655 g/mol. The molecule has 7 aromatic carbocycles. The van der Waals surface area contributed by atoms with Gasteiger partial charge in [-0.05, 0) is 93.6 Å². The first-order chi connectivity index (χ1) is 25.2. The normalized spacial score (nSPS) is 13.7. The van der Waals surface area contributed by atoms with Gasteiger partial charge in [-0.2, -0.15) is 0 Å². The molecule has 0 atom stereocenters. The molecular formula is C49H38N2. The summed E-state index contributed by atoms with van der Waals surface area (Å²) in [6, 6.07) is 65.1. The summed E-state index contributed by atoms with van der Waals surface area (Å²) < 4.78 is 0. The number of hydrogen-bond donors (Lipinski definition) is 0. The van der Waals surface area contributed by atoms with Crippen LogP contribution in [0.1, 0.15) is 5.56 Å².